The van der Waals surface area contributed by atoms with E-state index in [1.54, 1.807) is 0 Å². The third-order valence-electron chi connectivity index (χ3n) is 4.44. The molecule has 0 aliphatic carbocycles. The number of alkyl halides is 2. The highest BCUT2D eigenvalue weighted by atomic mass is 127. The molecule has 172 valence electrons. The van der Waals surface area contributed by atoms with Crippen molar-refractivity contribution in [1.29, 1.82) is 0 Å². The van der Waals surface area contributed by atoms with Crippen LogP contribution in [0.5, 0.6) is 0 Å². The lowest BCUT2D eigenvalue weighted by Crippen LogP contribution is -2.45. The van der Waals surface area contributed by atoms with E-state index in [1.807, 2.05) is 66.8 Å². The molecule has 1 heterocycles. The molecule has 1 rings (SSSR count). The Hall–Kier alpha value is 0.0400. The van der Waals surface area contributed by atoms with Gasteiger partial charge in [0.05, 0.1) is 4.43 Å². The van der Waals surface area contributed by atoms with Gasteiger partial charge in [0.2, 0.25) is 17.7 Å². The molecule has 1 saturated heterocycles. The van der Waals surface area contributed by atoms with Crippen LogP contribution in [0.15, 0.2) is 0 Å². The first kappa shape index (κ1) is 28.1. The fraction of sp³-hybridized carbons (Fsp3) is 0.778. The van der Waals surface area contributed by atoms with Crippen molar-refractivity contribution in [2.45, 2.75) is 66.7 Å². The fourth-order valence-electron chi connectivity index (χ4n) is 2.79. The summed E-state index contributed by atoms with van der Waals surface area (Å²) in [5.41, 5.74) is 5.29. The van der Waals surface area contributed by atoms with Crippen molar-refractivity contribution >= 4 is 90.4 Å². The molecular weight excluding hydrogens is 654 g/mol. The number of halogens is 2. The van der Waals surface area contributed by atoms with Crippen molar-refractivity contribution in [3.8, 4) is 0 Å². The monoisotopic (exact) mass is 684 g/mol. The minimum absolute atomic E-state index is 0.103. The number of unbranched alkanes of at least 4 members (excludes halogenated alkanes) is 2. The van der Waals surface area contributed by atoms with Crippen LogP contribution < -0.4 is 21.7 Å². The molecule has 3 atom stereocenters. The van der Waals surface area contributed by atoms with E-state index in [0.717, 1.165) is 24.5 Å². The van der Waals surface area contributed by atoms with E-state index < -0.39 is 16.0 Å². The number of rotatable bonds is 15. The quantitative estimate of drug-likeness (QED) is 0.0689. The minimum atomic E-state index is -0.689. The van der Waals surface area contributed by atoms with E-state index in [9.17, 15) is 19.2 Å². The molecule has 4 amide bonds. The molecule has 1 aliphatic rings. The Morgan fingerprint density at radius 3 is 2.47 bits per heavy atom. The van der Waals surface area contributed by atoms with Crippen molar-refractivity contribution in [2.24, 2.45) is 5.73 Å². The lowest BCUT2D eigenvalue weighted by atomic mass is 10.1. The largest absolute Gasteiger partial charge is 0.368 e. The van der Waals surface area contributed by atoms with Crippen LogP contribution in [0.2, 0.25) is 0 Å². The van der Waals surface area contributed by atoms with Crippen molar-refractivity contribution in [3.05, 3.63) is 0 Å². The maximum absolute atomic E-state index is 12.1. The highest BCUT2D eigenvalue weighted by Crippen LogP contribution is 2.39. The molecule has 0 spiro atoms. The molecule has 0 bridgehead atoms. The average Bonchev–Trinajstić information content (AvgIpc) is 3.23. The normalized spacial score (nSPS) is 17.7. The molecule has 0 aromatic carbocycles. The van der Waals surface area contributed by atoms with Gasteiger partial charge in [0, 0.05) is 24.0 Å². The second kappa shape index (κ2) is 16.6. The summed E-state index contributed by atoms with van der Waals surface area (Å²) in [6.07, 6.45) is 6.42. The summed E-state index contributed by atoms with van der Waals surface area (Å²) in [4.78, 5) is 46.9. The topological polar surface area (TPSA) is 130 Å². The zero-order chi connectivity index (χ0) is 22.4. The summed E-state index contributed by atoms with van der Waals surface area (Å²) >= 11 is 3.83. The van der Waals surface area contributed by atoms with Crippen LogP contribution in [-0.2, 0) is 19.2 Å². The third kappa shape index (κ3) is 12.8. The van der Waals surface area contributed by atoms with Gasteiger partial charge in [0.15, 0.2) is 4.05 Å². The first-order valence-corrected chi connectivity index (χ1v) is 15.1. The van der Waals surface area contributed by atoms with Gasteiger partial charge in [0.25, 0.3) is 5.91 Å². The van der Waals surface area contributed by atoms with E-state index in [2.05, 4.69) is 16.0 Å². The minimum Gasteiger partial charge on any atom is -0.368 e. The summed E-state index contributed by atoms with van der Waals surface area (Å²) < 4.78 is -0.350. The standard InChI is InChI=1S/C18H30I2N4O4S2/c19-11-15(26)23-13(17(21)27)6-3-4-9-22-18(28)16(20)24-14(25)7-2-1-5-12-8-10-29-30-12/h12-13,16H,1-11H2,(H2,21,27)(H,22,28)(H,23,26)(H,24,25)/t12?,13-,16+/m0/s1. The van der Waals surface area contributed by atoms with Gasteiger partial charge < -0.3 is 21.7 Å². The predicted octanol–water partition coefficient (Wildman–Crippen LogP) is 2.27. The maximum atomic E-state index is 12.1. The molecule has 0 aromatic heterocycles. The Bertz CT molecular complexity index is 580. The van der Waals surface area contributed by atoms with Gasteiger partial charge in [-0.15, -0.1) is 0 Å². The number of hydrogen-bond acceptors (Lipinski definition) is 6. The summed E-state index contributed by atoms with van der Waals surface area (Å²) in [7, 11) is 3.88. The van der Waals surface area contributed by atoms with Gasteiger partial charge in [-0.2, -0.15) is 0 Å². The molecule has 1 aliphatic heterocycles. The molecule has 0 radical (unpaired) electrons. The van der Waals surface area contributed by atoms with Crippen LogP contribution in [-0.4, -0.2) is 55.7 Å². The lowest BCUT2D eigenvalue weighted by Gasteiger charge is -2.15. The number of carbonyl (C=O) groups is 4. The maximum Gasteiger partial charge on any atom is 0.252 e. The zero-order valence-electron chi connectivity index (χ0n) is 16.8. The summed E-state index contributed by atoms with van der Waals surface area (Å²) in [6.45, 7) is 0.428. The summed E-state index contributed by atoms with van der Waals surface area (Å²) in [5.74, 6) is 0.0876. The number of hydrogen-bond donors (Lipinski definition) is 4. The van der Waals surface area contributed by atoms with E-state index >= 15 is 0 Å². The SMILES string of the molecule is NC(=O)[C@H](CCCCNC(=O)[C@H](I)NC(=O)CCCCC1CCSS1)NC(=O)CI. The first-order chi connectivity index (χ1) is 14.3. The van der Waals surface area contributed by atoms with Crippen LogP contribution >= 0.6 is 66.8 Å². The Morgan fingerprint density at radius 1 is 1.07 bits per heavy atom. The van der Waals surface area contributed by atoms with Crippen LogP contribution in [0.3, 0.4) is 0 Å². The Balaban J connectivity index is 2.11. The Kier molecular flexibility index (Phi) is 15.6. The molecule has 1 fully saturated rings. The van der Waals surface area contributed by atoms with E-state index in [-0.39, 0.29) is 22.1 Å². The highest BCUT2D eigenvalue weighted by Gasteiger charge is 2.19. The van der Waals surface area contributed by atoms with Crippen LogP contribution in [0.1, 0.15) is 51.4 Å². The van der Waals surface area contributed by atoms with E-state index in [4.69, 9.17) is 5.73 Å². The molecular formula is C18H30I2N4O4S2. The fourth-order valence-corrected chi connectivity index (χ4v) is 6.61. The number of primary amides is 1. The summed E-state index contributed by atoms with van der Waals surface area (Å²) in [6, 6.07) is -0.689. The second-order valence-electron chi connectivity index (χ2n) is 6.95. The van der Waals surface area contributed by atoms with Crippen LogP contribution in [0.25, 0.3) is 0 Å². The summed E-state index contributed by atoms with van der Waals surface area (Å²) in [5, 5.41) is 8.81. The molecule has 8 nitrogen and oxygen atoms in total. The van der Waals surface area contributed by atoms with Crippen molar-refractivity contribution in [3.63, 3.8) is 0 Å². The number of nitrogens with two attached hydrogens (primary N) is 1. The molecule has 30 heavy (non-hydrogen) atoms. The van der Waals surface area contributed by atoms with Crippen LogP contribution in [0.4, 0.5) is 0 Å². The van der Waals surface area contributed by atoms with Gasteiger partial charge in [0.1, 0.15) is 6.04 Å². The molecule has 0 aromatic rings. The highest BCUT2D eigenvalue weighted by molar-refractivity contribution is 14.1. The van der Waals surface area contributed by atoms with Gasteiger partial charge in [-0.25, -0.2) is 0 Å². The van der Waals surface area contributed by atoms with Gasteiger partial charge >= 0.3 is 0 Å². The van der Waals surface area contributed by atoms with E-state index in [1.165, 1.54) is 12.2 Å². The zero-order valence-corrected chi connectivity index (χ0v) is 22.7. The van der Waals surface area contributed by atoms with Gasteiger partial charge in [-0.1, -0.05) is 50.6 Å². The van der Waals surface area contributed by atoms with Gasteiger partial charge in [-0.05, 0) is 61.1 Å². The van der Waals surface area contributed by atoms with E-state index in [0.29, 0.717) is 32.2 Å². The van der Waals surface area contributed by atoms with Crippen molar-refractivity contribution < 1.29 is 19.2 Å². The van der Waals surface area contributed by atoms with Crippen molar-refractivity contribution in [2.75, 3.05) is 16.7 Å². The number of amides is 4. The smallest absolute Gasteiger partial charge is 0.252 e. The third-order valence-corrected chi connectivity index (χ3v) is 9.02. The Morgan fingerprint density at radius 2 is 1.83 bits per heavy atom. The first-order valence-electron chi connectivity index (χ1n) is 9.97. The number of carbonyl (C=O) groups excluding carboxylic acids is 4. The molecule has 0 saturated carbocycles. The second-order valence-corrected chi connectivity index (χ2v) is 11.7. The predicted molar refractivity (Wildman–Crippen MR) is 140 cm³/mol. The molecule has 1 unspecified atom stereocenters. The molecule has 5 N–H and O–H groups in total. The molecule has 12 heteroatoms. The Labute approximate surface area is 213 Å². The van der Waals surface area contributed by atoms with Crippen molar-refractivity contribution in [1.82, 2.24) is 16.0 Å². The van der Waals surface area contributed by atoms with Gasteiger partial charge in [-0.3, -0.25) is 19.2 Å². The van der Waals surface area contributed by atoms with Crippen LogP contribution in [0, 0.1) is 0 Å². The lowest BCUT2D eigenvalue weighted by molar-refractivity contribution is -0.126. The average molecular weight is 684 g/mol. The number of nitrogens with one attached hydrogen (secondary N) is 3.